The number of nitrogens with zero attached hydrogens (tertiary/aromatic N) is 4. The molecule has 0 aliphatic heterocycles. The van der Waals surface area contributed by atoms with Gasteiger partial charge < -0.3 is 9.42 Å². The van der Waals surface area contributed by atoms with Crippen molar-refractivity contribution in [1.82, 2.24) is 15.0 Å². The van der Waals surface area contributed by atoms with Crippen LogP contribution in [0, 0.1) is 11.3 Å². The molecule has 82 valence electrons. The Morgan fingerprint density at radius 2 is 2.13 bits per heavy atom. The molecule has 0 fully saturated rings. The maximum absolute atomic E-state index is 8.44. The molecule has 0 saturated heterocycles. The van der Waals surface area contributed by atoms with Crippen molar-refractivity contribution in [3.63, 3.8) is 0 Å². The van der Waals surface area contributed by atoms with Gasteiger partial charge in [0.2, 0.25) is 5.89 Å². The molecule has 0 amide bonds. The van der Waals surface area contributed by atoms with Gasteiger partial charge in [-0.15, -0.1) is 0 Å². The summed E-state index contributed by atoms with van der Waals surface area (Å²) in [5.41, 5.74) is 0. The second-order valence-corrected chi connectivity index (χ2v) is 3.22. The number of hydrogen-bond donors (Lipinski definition) is 0. The van der Waals surface area contributed by atoms with Crippen molar-refractivity contribution in [1.29, 1.82) is 5.26 Å². The molecule has 0 radical (unpaired) electrons. The Morgan fingerprint density at radius 1 is 1.40 bits per heavy atom. The number of hydrogen-bond acceptors (Lipinski definition) is 5. The molecule has 0 aliphatic rings. The topological polar surface area (TPSA) is 66.0 Å². The van der Waals surface area contributed by atoms with Crippen LogP contribution in [0.1, 0.15) is 25.6 Å². The molecule has 0 aliphatic carbocycles. The van der Waals surface area contributed by atoms with E-state index in [-0.39, 0.29) is 6.42 Å². The Labute approximate surface area is 89.7 Å². The molecular formula is C10H16N4O. The minimum atomic E-state index is 0.193. The summed E-state index contributed by atoms with van der Waals surface area (Å²) in [7, 11) is 0. The van der Waals surface area contributed by atoms with E-state index in [2.05, 4.69) is 28.9 Å². The van der Waals surface area contributed by atoms with Crippen molar-refractivity contribution in [3.05, 3.63) is 11.7 Å². The molecule has 1 aromatic rings. The lowest BCUT2D eigenvalue weighted by molar-refractivity contribution is 0.303. The second-order valence-electron chi connectivity index (χ2n) is 3.22. The summed E-state index contributed by atoms with van der Waals surface area (Å²) in [6.07, 6.45) is 0.967. The maximum atomic E-state index is 8.44. The van der Waals surface area contributed by atoms with Crippen LogP contribution in [0.5, 0.6) is 0 Å². The van der Waals surface area contributed by atoms with Crippen molar-refractivity contribution < 1.29 is 4.52 Å². The fourth-order valence-electron chi connectivity index (χ4n) is 1.33. The largest absolute Gasteiger partial charge is 0.338 e. The molecule has 0 N–H and O–H groups in total. The van der Waals surface area contributed by atoms with Crippen LogP contribution in [0.2, 0.25) is 0 Å². The highest BCUT2D eigenvalue weighted by Gasteiger charge is 2.07. The molecule has 0 saturated carbocycles. The zero-order chi connectivity index (χ0) is 11.1. The van der Waals surface area contributed by atoms with Crippen molar-refractivity contribution in [3.8, 4) is 6.07 Å². The van der Waals surface area contributed by atoms with Gasteiger partial charge in [-0.1, -0.05) is 19.0 Å². The normalized spacial score (nSPS) is 10.5. The predicted octanol–water partition coefficient (Wildman–Crippen LogP) is 1.02. The number of aromatic nitrogens is 2. The molecule has 0 atom stereocenters. The highest BCUT2D eigenvalue weighted by atomic mass is 16.5. The number of nitriles is 1. The van der Waals surface area contributed by atoms with Crippen LogP contribution in [0.25, 0.3) is 0 Å². The van der Waals surface area contributed by atoms with E-state index in [1.807, 2.05) is 6.07 Å². The van der Waals surface area contributed by atoms with Gasteiger partial charge in [0.15, 0.2) is 5.82 Å². The van der Waals surface area contributed by atoms with Gasteiger partial charge >= 0.3 is 0 Å². The van der Waals surface area contributed by atoms with Crippen LogP contribution in [0.3, 0.4) is 0 Å². The zero-order valence-electron chi connectivity index (χ0n) is 9.23. The third kappa shape index (κ3) is 3.68. The van der Waals surface area contributed by atoms with Gasteiger partial charge in [-0.2, -0.15) is 10.2 Å². The predicted molar refractivity (Wildman–Crippen MR) is 55.1 cm³/mol. The van der Waals surface area contributed by atoms with Crippen LogP contribution < -0.4 is 0 Å². The molecule has 1 rings (SSSR count). The van der Waals surface area contributed by atoms with E-state index in [0.29, 0.717) is 11.7 Å². The lowest BCUT2D eigenvalue weighted by Crippen LogP contribution is -2.25. The standard InChI is InChI=1S/C10H16N4O/c1-3-14(4-2)8-6-9-12-10(5-7-11)15-13-9/h3-6,8H2,1-2H3. The van der Waals surface area contributed by atoms with Gasteiger partial charge in [0.05, 0.1) is 6.07 Å². The monoisotopic (exact) mass is 208 g/mol. The van der Waals surface area contributed by atoms with Gasteiger partial charge in [0.1, 0.15) is 6.42 Å². The van der Waals surface area contributed by atoms with E-state index in [9.17, 15) is 0 Å². The molecule has 5 heteroatoms. The summed E-state index contributed by atoms with van der Waals surface area (Å²) in [6.45, 7) is 7.24. The SMILES string of the molecule is CCN(CC)CCc1noc(CC#N)n1. The fraction of sp³-hybridized carbons (Fsp3) is 0.700. The molecule has 0 bridgehead atoms. The maximum Gasteiger partial charge on any atom is 0.240 e. The van der Waals surface area contributed by atoms with Gasteiger partial charge in [0, 0.05) is 13.0 Å². The summed E-state index contributed by atoms with van der Waals surface area (Å²) in [5.74, 6) is 1.10. The van der Waals surface area contributed by atoms with Gasteiger partial charge in [-0.05, 0) is 13.1 Å². The summed E-state index contributed by atoms with van der Waals surface area (Å²) < 4.78 is 4.90. The van der Waals surface area contributed by atoms with E-state index >= 15 is 0 Å². The van der Waals surface area contributed by atoms with Crippen molar-refractivity contribution in [2.24, 2.45) is 0 Å². The average molecular weight is 208 g/mol. The third-order valence-corrected chi connectivity index (χ3v) is 2.29. The Bertz CT molecular complexity index is 324. The van der Waals surface area contributed by atoms with E-state index in [4.69, 9.17) is 9.78 Å². The Kier molecular flexibility index (Phi) is 4.78. The first-order valence-electron chi connectivity index (χ1n) is 5.20. The smallest absolute Gasteiger partial charge is 0.240 e. The molecule has 1 heterocycles. The summed E-state index contributed by atoms with van der Waals surface area (Å²) in [6, 6.07) is 1.98. The molecule has 0 unspecified atom stereocenters. The Balaban J connectivity index is 2.40. The van der Waals surface area contributed by atoms with E-state index < -0.39 is 0 Å². The first-order valence-corrected chi connectivity index (χ1v) is 5.20. The van der Waals surface area contributed by atoms with Crippen LogP contribution >= 0.6 is 0 Å². The lowest BCUT2D eigenvalue weighted by Gasteiger charge is -2.16. The quantitative estimate of drug-likeness (QED) is 0.698. The second kappa shape index (κ2) is 6.14. The zero-order valence-corrected chi connectivity index (χ0v) is 9.23. The van der Waals surface area contributed by atoms with Gasteiger partial charge in [-0.3, -0.25) is 0 Å². The summed E-state index contributed by atoms with van der Waals surface area (Å²) in [4.78, 5) is 6.41. The fourth-order valence-corrected chi connectivity index (χ4v) is 1.33. The van der Waals surface area contributed by atoms with Crippen molar-refractivity contribution in [2.45, 2.75) is 26.7 Å². The van der Waals surface area contributed by atoms with Crippen molar-refractivity contribution >= 4 is 0 Å². The minimum absolute atomic E-state index is 0.193. The molecule has 0 aromatic carbocycles. The van der Waals surface area contributed by atoms with E-state index in [0.717, 1.165) is 26.1 Å². The Morgan fingerprint density at radius 3 is 2.73 bits per heavy atom. The molecule has 15 heavy (non-hydrogen) atoms. The average Bonchev–Trinajstić information content (AvgIpc) is 2.68. The Hall–Kier alpha value is -1.41. The van der Waals surface area contributed by atoms with E-state index in [1.165, 1.54) is 0 Å². The van der Waals surface area contributed by atoms with Crippen molar-refractivity contribution in [2.75, 3.05) is 19.6 Å². The third-order valence-electron chi connectivity index (χ3n) is 2.29. The first kappa shape index (κ1) is 11.7. The lowest BCUT2D eigenvalue weighted by atomic mass is 10.3. The number of rotatable bonds is 6. The summed E-state index contributed by atoms with van der Waals surface area (Å²) >= 11 is 0. The molecule has 5 nitrogen and oxygen atoms in total. The molecular weight excluding hydrogens is 192 g/mol. The van der Waals surface area contributed by atoms with Crippen LogP contribution in [0.4, 0.5) is 0 Å². The molecule has 1 aromatic heterocycles. The minimum Gasteiger partial charge on any atom is -0.338 e. The molecule has 0 spiro atoms. The van der Waals surface area contributed by atoms with Crippen LogP contribution in [-0.2, 0) is 12.8 Å². The highest BCUT2D eigenvalue weighted by molar-refractivity contribution is 4.93. The van der Waals surface area contributed by atoms with Gasteiger partial charge in [0.25, 0.3) is 0 Å². The van der Waals surface area contributed by atoms with Crippen LogP contribution in [-0.4, -0.2) is 34.7 Å². The summed E-state index contributed by atoms with van der Waals surface area (Å²) in [5, 5.41) is 12.2. The first-order chi connectivity index (χ1) is 7.30. The van der Waals surface area contributed by atoms with Crippen LogP contribution in [0.15, 0.2) is 4.52 Å². The van der Waals surface area contributed by atoms with E-state index in [1.54, 1.807) is 0 Å². The number of likely N-dealkylation sites (N-methyl/N-ethyl adjacent to an activating group) is 1. The highest BCUT2D eigenvalue weighted by Crippen LogP contribution is 2.00. The van der Waals surface area contributed by atoms with Gasteiger partial charge in [-0.25, -0.2) is 0 Å².